The molecule has 6 heteroatoms. The lowest BCUT2D eigenvalue weighted by molar-refractivity contribution is -0.139. The van der Waals surface area contributed by atoms with Gasteiger partial charge in [0.05, 0.1) is 18.2 Å². The molecule has 1 aliphatic heterocycles. The Bertz CT molecular complexity index is 846. The highest BCUT2D eigenvalue weighted by atomic mass is 16.5. The average molecular weight is 352 g/mol. The Morgan fingerprint density at radius 1 is 1.08 bits per heavy atom. The van der Waals surface area contributed by atoms with Crippen LogP contribution < -0.4 is 15.4 Å². The van der Waals surface area contributed by atoms with Crippen LogP contribution in [0, 0.1) is 0 Å². The SMILES string of the molecule is CCOC(=O)C1=C(C)NC(=O)N[C@H]1c1cccc(Oc2ccccc2)c1. The summed E-state index contributed by atoms with van der Waals surface area (Å²) in [7, 11) is 0. The minimum atomic E-state index is -0.609. The zero-order chi connectivity index (χ0) is 18.5. The molecular weight excluding hydrogens is 332 g/mol. The summed E-state index contributed by atoms with van der Waals surface area (Å²) in [6.07, 6.45) is 0. The van der Waals surface area contributed by atoms with Gasteiger partial charge in [-0.1, -0.05) is 30.3 Å². The number of carbonyl (C=O) groups excluding carboxylic acids is 2. The largest absolute Gasteiger partial charge is 0.463 e. The Hall–Kier alpha value is -3.28. The first-order valence-electron chi connectivity index (χ1n) is 8.36. The molecule has 0 unspecified atom stereocenters. The van der Waals surface area contributed by atoms with Crippen LogP contribution >= 0.6 is 0 Å². The van der Waals surface area contributed by atoms with Crippen molar-refractivity contribution in [3.05, 3.63) is 71.4 Å². The van der Waals surface area contributed by atoms with Crippen LogP contribution in [-0.4, -0.2) is 18.6 Å². The van der Waals surface area contributed by atoms with E-state index < -0.39 is 12.0 Å². The highest BCUT2D eigenvalue weighted by Crippen LogP contribution is 2.31. The number of carbonyl (C=O) groups is 2. The number of amides is 2. The number of para-hydroxylation sites is 1. The molecule has 1 heterocycles. The van der Waals surface area contributed by atoms with Crippen LogP contribution in [0.15, 0.2) is 65.9 Å². The molecule has 1 atom stereocenters. The zero-order valence-corrected chi connectivity index (χ0v) is 14.6. The highest BCUT2D eigenvalue weighted by Gasteiger charge is 2.32. The van der Waals surface area contributed by atoms with E-state index in [4.69, 9.17) is 9.47 Å². The number of hydrogen-bond donors (Lipinski definition) is 2. The maximum atomic E-state index is 12.4. The molecule has 1 aliphatic rings. The number of benzene rings is 2. The summed E-state index contributed by atoms with van der Waals surface area (Å²) >= 11 is 0. The molecule has 6 nitrogen and oxygen atoms in total. The zero-order valence-electron chi connectivity index (χ0n) is 14.6. The van der Waals surface area contributed by atoms with Crippen molar-refractivity contribution in [1.82, 2.24) is 10.6 Å². The normalized spacial score (nSPS) is 16.5. The second kappa shape index (κ2) is 7.74. The molecule has 2 aromatic carbocycles. The van der Waals surface area contributed by atoms with Gasteiger partial charge in [0.15, 0.2) is 0 Å². The van der Waals surface area contributed by atoms with Crippen molar-refractivity contribution in [2.24, 2.45) is 0 Å². The van der Waals surface area contributed by atoms with Gasteiger partial charge in [0, 0.05) is 5.70 Å². The Morgan fingerprint density at radius 2 is 1.81 bits per heavy atom. The predicted molar refractivity (Wildman–Crippen MR) is 96.7 cm³/mol. The third-order valence-electron chi connectivity index (χ3n) is 3.93. The number of rotatable bonds is 5. The van der Waals surface area contributed by atoms with Crippen LogP contribution in [0.1, 0.15) is 25.5 Å². The molecule has 2 N–H and O–H groups in total. The lowest BCUT2D eigenvalue weighted by Crippen LogP contribution is -2.45. The van der Waals surface area contributed by atoms with E-state index in [1.807, 2.05) is 48.5 Å². The lowest BCUT2D eigenvalue weighted by atomic mass is 9.95. The Kier molecular flexibility index (Phi) is 5.22. The van der Waals surface area contributed by atoms with Crippen LogP contribution in [0.5, 0.6) is 11.5 Å². The molecule has 0 aliphatic carbocycles. The Balaban J connectivity index is 1.93. The van der Waals surface area contributed by atoms with Gasteiger partial charge >= 0.3 is 12.0 Å². The molecule has 0 fully saturated rings. The summed E-state index contributed by atoms with van der Waals surface area (Å²) in [5.74, 6) is 0.857. The quantitative estimate of drug-likeness (QED) is 0.805. The summed E-state index contributed by atoms with van der Waals surface area (Å²) < 4.78 is 11.0. The van der Waals surface area contributed by atoms with E-state index in [9.17, 15) is 9.59 Å². The Morgan fingerprint density at radius 3 is 2.54 bits per heavy atom. The standard InChI is InChI=1S/C20H20N2O4/c1-3-25-19(23)17-13(2)21-20(24)22-18(17)14-8-7-11-16(12-14)26-15-9-5-4-6-10-15/h4-12,18H,3H2,1-2H3,(H2,21,22,24)/t18-/m0/s1. The van der Waals surface area contributed by atoms with Crippen LogP contribution in [0.2, 0.25) is 0 Å². The van der Waals surface area contributed by atoms with Gasteiger partial charge in [-0.3, -0.25) is 0 Å². The number of urea groups is 1. The van der Waals surface area contributed by atoms with Crippen molar-refractivity contribution < 1.29 is 19.1 Å². The molecule has 134 valence electrons. The van der Waals surface area contributed by atoms with Gasteiger partial charge in [-0.15, -0.1) is 0 Å². The summed E-state index contributed by atoms with van der Waals surface area (Å²) in [6.45, 7) is 3.68. The van der Waals surface area contributed by atoms with Gasteiger partial charge in [-0.05, 0) is 43.7 Å². The number of allylic oxidation sites excluding steroid dienone is 1. The van der Waals surface area contributed by atoms with Crippen molar-refractivity contribution in [3.8, 4) is 11.5 Å². The van der Waals surface area contributed by atoms with Crippen molar-refractivity contribution >= 4 is 12.0 Å². The molecule has 0 spiro atoms. The first-order valence-corrected chi connectivity index (χ1v) is 8.36. The number of ether oxygens (including phenoxy) is 2. The van der Waals surface area contributed by atoms with E-state index in [-0.39, 0.29) is 12.6 Å². The van der Waals surface area contributed by atoms with Gasteiger partial charge in [-0.2, -0.15) is 0 Å². The fourth-order valence-corrected chi connectivity index (χ4v) is 2.81. The Labute approximate surface area is 151 Å². The van der Waals surface area contributed by atoms with E-state index in [0.29, 0.717) is 22.8 Å². The van der Waals surface area contributed by atoms with Crippen molar-refractivity contribution in [1.29, 1.82) is 0 Å². The fraction of sp³-hybridized carbons (Fsp3) is 0.200. The molecule has 2 aromatic rings. The molecule has 2 amide bonds. The monoisotopic (exact) mass is 352 g/mol. The van der Waals surface area contributed by atoms with Crippen LogP contribution in [-0.2, 0) is 9.53 Å². The smallest absolute Gasteiger partial charge is 0.338 e. The fourth-order valence-electron chi connectivity index (χ4n) is 2.81. The summed E-state index contributed by atoms with van der Waals surface area (Å²) in [6, 6.07) is 15.7. The number of esters is 1. The maximum absolute atomic E-state index is 12.4. The third-order valence-corrected chi connectivity index (χ3v) is 3.93. The first kappa shape index (κ1) is 17.5. The minimum Gasteiger partial charge on any atom is -0.463 e. The van der Waals surface area contributed by atoms with Gasteiger partial charge in [0.25, 0.3) is 0 Å². The van der Waals surface area contributed by atoms with Crippen molar-refractivity contribution in [2.45, 2.75) is 19.9 Å². The molecule has 0 saturated carbocycles. The number of hydrogen-bond acceptors (Lipinski definition) is 4. The van der Waals surface area contributed by atoms with Gasteiger partial charge < -0.3 is 20.1 Å². The molecule has 0 saturated heterocycles. The van der Waals surface area contributed by atoms with Crippen LogP contribution in [0.4, 0.5) is 4.79 Å². The second-order valence-electron chi connectivity index (χ2n) is 5.78. The van der Waals surface area contributed by atoms with E-state index in [0.717, 1.165) is 5.56 Å². The molecule has 3 rings (SSSR count). The first-order chi connectivity index (χ1) is 12.6. The summed E-state index contributed by atoms with van der Waals surface area (Å²) in [5, 5.41) is 5.40. The van der Waals surface area contributed by atoms with Crippen LogP contribution in [0.3, 0.4) is 0 Å². The second-order valence-corrected chi connectivity index (χ2v) is 5.78. The van der Waals surface area contributed by atoms with E-state index in [1.54, 1.807) is 19.9 Å². The molecular formula is C20H20N2O4. The van der Waals surface area contributed by atoms with Crippen LogP contribution in [0.25, 0.3) is 0 Å². The van der Waals surface area contributed by atoms with Crippen molar-refractivity contribution in [3.63, 3.8) is 0 Å². The topological polar surface area (TPSA) is 76.7 Å². The lowest BCUT2D eigenvalue weighted by Gasteiger charge is -2.28. The van der Waals surface area contributed by atoms with E-state index in [2.05, 4.69) is 10.6 Å². The third kappa shape index (κ3) is 3.85. The highest BCUT2D eigenvalue weighted by molar-refractivity contribution is 5.95. The number of nitrogens with one attached hydrogen (secondary N) is 2. The summed E-state index contributed by atoms with van der Waals surface area (Å²) in [5.41, 5.74) is 1.59. The average Bonchev–Trinajstić information content (AvgIpc) is 2.62. The molecule has 0 bridgehead atoms. The van der Waals surface area contributed by atoms with Gasteiger partial charge in [-0.25, -0.2) is 9.59 Å². The molecule has 0 aromatic heterocycles. The van der Waals surface area contributed by atoms with Crippen molar-refractivity contribution in [2.75, 3.05) is 6.61 Å². The minimum absolute atomic E-state index is 0.257. The summed E-state index contributed by atoms with van der Waals surface area (Å²) in [4.78, 5) is 24.3. The predicted octanol–water partition coefficient (Wildman–Crippen LogP) is 3.67. The van der Waals surface area contributed by atoms with Gasteiger partial charge in [0.2, 0.25) is 0 Å². The molecule has 26 heavy (non-hydrogen) atoms. The molecule has 0 radical (unpaired) electrons. The maximum Gasteiger partial charge on any atom is 0.338 e. The van der Waals surface area contributed by atoms with E-state index in [1.165, 1.54) is 0 Å². The van der Waals surface area contributed by atoms with E-state index >= 15 is 0 Å². The van der Waals surface area contributed by atoms with Gasteiger partial charge in [0.1, 0.15) is 11.5 Å².